The van der Waals surface area contributed by atoms with E-state index in [0.29, 0.717) is 6.71 Å². The molecule has 0 radical (unpaired) electrons. The molecule has 1 aromatic rings. The molecule has 0 nitrogen and oxygen atoms in total. The maximum atomic E-state index is 2.26. The van der Waals surface area contributed by atoms with Crippen molar-refractivity contribution in [1.29, 1.82) is 0 Å². The van der Waals surface area contributed by atoms with Crippen LogP contribution < -0.4 is 5.46 Å². The Morgan fingerprint density at radius 3 is 2.62 bits per heavy atom. The van der Waals surface area contributed by atoms with Gasteiger partial charge in [-0.05, 0) is 11.1 Å². The summed E-state index contributed by atoms with van der Waals surface area (Å²) in [6.07, 6.45) is 8.64. The zero-order valence-electron chi connectivity index (χ0n) is 7.27. The molecule has 13 heavy (non-hydrogen) atoms. The Bertz CT molecular complexity index is 438. The minimum Gasteiger partial charge on any atom is -0.106 e. The largest absolute Gasteiger partial charge is 0.227 e. The fourth-order valence-electron chi connectivity index (χ4n) is 2.08. The van der Waals surface area contributed by atoms with Crippen LogP contribution in [0.3, 0.4) is 0 Å². The van der Waals surface area contributed by atoms with E-state index in [9.17, 15) is 0 Å². The molecule has 2 aliphatic rings. The average Bonchev–Trinajstić information content (AvgIpc) is 2.44. The second-order valence-corrected chi connectivity index (χ2v) is 3.48. The van der Waals surface area contributed by atoms with Crippen LogP contribution in [-0.4, -0.2) is 6.71 Å². The Labute approximate surface area is 78.4 Å². The van der Waals surface area contributed by atoms with Crippen molar-refractivity contribution in [1.82, 2.24) is 0 Å². The second-order valence-electron chi connectivity index (χ2n) is 3.48. The average molecular weight is 164 g/mol. The first kappa shape index (κ1) is 6.96. The van der Waals surface area contributed by atoms with E-state index >= 15 is 0 Å². The van der Waals surface area contributed by atoms with Gasteiger partial charge in [0.25, 0.3) is 0 Å². The summed E-state index contributed by atoms with van der Waals surface area (Å²) in [5.41, 5.74) is 4.20. The summed E-state index contributed by atoms with van der Waals surface area (Å²) in [4.78, 5) is 0. The monoisotopic (exact) mass is 164 g/mol. The Morgan fingerprint density at radius 2 is 1.69 bits per heavy atom. The lowest BCUT2D eigenvalue weighted by molar-refractivity contribution is 1.69. The molecule has 0 fully saturated rings. The van der Waals surface area contributed by atoms with Gasteiger partial charge < -0.3 is 0 Å². The van der Waals surface area contributed by atoms with E-state index < -0.39 is 0 Å². The van der Waals surface area contributed by atoms with Crippen molar-refractivity contribution >= 4 is 24.3 Å². The highest BCUT2D eigenvalue weighted by molar-refractivity contribution is 6.85. The van der Waals surface area contributed by atoms with Crippen LogP contribution in [0.15, 0.2) is 42.3 Å². The van der Waals surface area contributed by atoms with E-state index in [1.165, 1.54) is 16.6 Å². The van der Waals surface area contributed by atoms with Gasteiger partial charge in [0.15, 0.2) is 0 Å². The van der Waals surface area contributed by atoms with Crippen LogP contribution in [0, 0.1) is 0 Å². The number of rotatable bonds is 0. The van der Waals surface area contributed by atoms with Crippen molar-refractivity contribution in [3.8, 4) is 0 Å². The lowest BCUT2D eigenvalue weighted by Gasteiger charge is -2.05. The summed E-state index contributed by atoms with van der Waals surface area (Å²) in [7, 11) is 0. The molecule has 1 heteroatoms. The van der Waals surface area contributed by atoms with Gasteiger partial charge in [-0.25, -0.2) is 0 Å². The van der Waals surface area contributed by atoms with Gasteiger partial charge in [-0.3, -0.25) is 0 Å². The molecule has 0 aliphatic carbocycles. The van der Waals surface area contributed by atoms with Gasteiger partial charge in [0.05, 0.1) is 0 Å². The molecule has 0 saturated carbocycles. The van der Waals surface area contributed by atoms with Gasteiger partial charge in [-0.2, -0.15) is 0 Å². The number of hydrogen-bond acceptors (Lipinski definition) is 0. The SMILES string of the molecule is C1=CB2C=Cc3cccc(c32)C=C1. The molecule has 1 aromatic carbocycles. The normalized spacial score (nSPS) is 16.2. The first-order valence-corrected chi connectivity index (χ1v) is 4.61. The molecule has 0 N–H and O–H groups in total. The first-order valence-electron chi connectivity index (χ1n) is 4.61. The topological polar surface area (TPSA) is 0 Å². The summed E-state index contributed by atoms with van der Waals surface area (Å²) in [6.45, 7) is 0.501. The van der Waals surface area contributed by atoms with Gasteiger partial charge in [-0.1, -0.05) is 48.0 Å². The van der Waals surface area contributed by atoms with Gasteiger partial charge in [0.1, 0.15) is 0 Å². The highest BCUT2D eigenvalue weighted by Gasteiger charge is 2.21. The van der Waals surface area contributed by atoms with E-state index in [4.69, 9.17) is 0 Å². The van der Waals surface area contributed by atoms with Crippen molar-refractivity contribution in [2.24, 2.45) is 0 Å². The molecule has 0 unspecified atom stereocenters. The van der Waals surface area contributed by atoms with E-state index in [0.717, 1.165) is 0 Å². The van der Waals surface area contributed by atoms with Gasteiger partial charge >= 0.3 is 0 Å². The van der Waals surface area contributed by atoms with Crippen molar-refractivity contribution in [3.63, 3.8) is 0 Å². The maximum absolute atomic E-state index is 2.26. The molecule has 0 spiro atoms. The van der Waals surface area contributed by atoms with Gasteiger partial charge in [-0.15, -0.1) is 12.0 Å². The Morgan fingerprint density at radius 1 is 0.846 bits per heavy atom. The summed E-state index contributed by atoms with van der Waals surface area (Å²) in [5.74, 6) is 4.51. The van der Waals surface area contributed by atoms with Crippen molar-refractivity contribution in [2.75, 3.05) is 0 Å². The molecule has 60 valence electrons. The van der Waals surface area contributed by atoms with Crippen LogP contribution in [0.25, 0.3) is 12.2 Å². The lowest BCUT2D eigenvalue weighted by atomic mass is 9.46. The van der Waals surface area contributed by atoms with E-state index in [-0.39, 0.29) is 0 Å². The van der Waals surface area contributed by atoms with E-state index in [1.54, 1.807) is 0 Å². The summed E-state index contributed by atoms with van der Waals surface area (Å²) in [5, 5.41) is 0. The third kappa shape index (κ3) is 0.935. The predicted octanol–water partition coefficient (Wildman–Crippen LogP) is 2.08. The first-order chi connectivity index (χ1) is 6.45. The molecule has 3 rings (SSSR count). The van der Waals surface area contributed by atoms with Crippen LogP contribution in [0.5, 0.6) is 0 Å². The molecule has 2 aliphatic heterocycles. The standard InChI is InChI=1S/C12H9B/c1-2-8-13-9-7-11-6-3-5-10(4-1)12(11)13/h1-9H. The molecular formula is C12H9B. The molecular weight excluding hydrogens is 155 g/mol. The third-order valence-corrected chi connectivity index (χ3v) is 2.70. The lowest BCUT2D eigenvalue weighted by Crippen LogP contribution is -2.26. The third-order valence-electron chi connectivity index (χ3n) is 2.70. The summed E-state index contributed by atoms with van der Waals surface area (Å²) < 4.78 is 0. The molecule has 0 aromatic heterocycles. The van der Waals surface area contributed by atoms with Crippen molar-refractivity contribution in [2.45, 2.75) is 0 Å². The quantitative estimate of drug-likeness (QED) is 0.515. The second kappa shape index (κ2) is 2.49. The highest BCUT2D eigenvalue weighted by atomic mass is 14.1. The highest BCUT2D eigenvalue weighted by Crippen LogP contribution is 2.17. The number of benzene rings is 1. The van der Waals surface area contributed by atoms with Crippen molar-refractivity contribution < 1.29 is 0 Å². The van der Waals surface area contributed by atoms with Crippen LogP contribution in [0.2, 0.25) is 0 Å². The van der Waals surface area contributed by atoms with Crippen LogP contribution in [0.4, 0.5) is 0 Å². The van der Waals surface area contributed by atoms with Gasteiger partial charge in [0.2, 0.25) is 6.71 Å². The van der Waals surface area contributed by atoms with Crippen LogP contribution >= 0.6 is 0 Å². The minimum atomic E-state index is 0.501. The number of hydrogen-bond donors (Lipinski definition) is 0. The van der Waals surface area contributed by atoms with Crippen LogP contribution in [-0.2, 0) is 0 Å². The molecule has 0 bridgehead atoms. The number of allylic oxidation sites excluding steroid dienone is 2. The van der Waals surface area contributed by atoms with Crippen LogP contribution in [0.1, 0.15) is 11.1 Å². The summed E-state index contributed by atoms with van der Waals surface area (Å²) in [6, 6.07) is 6.49. The minimum absolute atomic E-state index is 0.501. The Hall–Kier alpha value is -1.50. The molecule has 2 heterocycles. The van der Waals surface area contributed by atoms with Gasteiger partial charge in [0, 0.05) is 0 Å². The fraction of sp³-hybridized carbons (Fsp3) is 0. The maximum Gasteiger partial charge on any atom is 0.227 e. The fourth-order valence-corrected chi connectivity index (χ4v) is 2.08. The Balaban J connectivity index is 2.34. The summed E-state index contributed by atoms with van der Waals surface area (Å²) >= 11 is 0. The molecule has 0 atom stereocenters. The Kier molecular flexibility index (Phi) is 1.34. The van der Waals surface area contributed by atoms with Crippen molar-refractivity contribution in [3.05, 3.63) is 53.4 Å². The zero-order chi connectivity index (χ0) is 8.67. The van der Waals surface area contributed by atoms with E-state index in [2.05, 4.69) is 54.5 Å². The smallest absolute Gasteiger partial charge is 0.106 e. The van der Waals surface area contributed by atoms with E-state index in [1.807, 2.05) is 0 Å². The zero-order valence-corrected chi connectivity index (χ0v) is 7.27. The molecule has 0 saturated heterocycles. The predicted molar refractivity (Wildman–Crippen MR) is 59.0 cm³/mol. The molecule has 0 amide bonds.